The summed E-state index contributed by atoms with van der Waals surface area (Å²) in [4.78, 5) is 0. The number of rotatable bonds is 1. The largest absolute Gasteiger partial charge is 0.129 e. The van der Waals surface area contributed by atoms with E-state index in [1.807, 2.05) is 18.2 Å². The van der Waals surface area contributed by atoms with Crippen LogP contribution >= 0.6 is 0 Å². The zero-order valence-corrected chi connectivity index (χ0v) is 13.2. The van der Waals surface area contributed by atoms with Gasteiger partial charge >= 0.3 is 0 Å². The molecule has 1 heteroatoms. The monoisotopic (exact) mass is 274 g/mol. The van der Waals surface area contributed by atoms with Crippen LogP contribution in [0.15, 0.2) is 48.5 Å². The Morgan fingerprint density at radius 2 is 1.55 bits per heavy atom. The lowest BCUT2D eigenvalue weighted by Gasteiger charge is -2.05. The summed E-state index contributed by atoms with van der Waals surface area (Å²) in [5.74, 6) is 5.99. The van der Waals surface area contributed by atoms with Crippen molar-refractivity contribution in [1.29, 1.82) is 0 Å². The lowest BCUT2D eigenvalue weighted by atomic mass is 9.99. The van der Waals surface area contributed by atoms with Crippen LogP contribution < -0.4 is 0 Å². The second-order valence-corrected chi connectivity index (χ2v) is 10.5. The molecule has 2 aromatic rings. The molecule has 0 fully saturated rings. The zero-order chi connectivity index (χ0) is 14.6. The molecule has 0 aliphatic rings. The molecule has 0 radical (unpaired) electrons. The van der Waals surface area contributed by atoms with Crippen molar-refractivity contribution in [2.75, 3.05) is 0 Å². The molecule has 0 aromatic heterocycles. The van der Waals surface area contributed by atoms with Crippen LogP contribution in [-0.4, -0.2) is 8.07 Å². The Kier molecular flexibility index (Phi) is 4.13. The predicted molar refractivity (Wildman–Crippen MR) is 90.0 cm³/mol. The highest BCUT2D eigenvalue weighted by molar-refractivity contribution is 6.83. The fourth-order valence-corrected chi connectivity index (χ4v) is 2.37. The molecule has 20 heavy (non-hydrogen) atoms. The van der Waals surface area contributed by atoms with Gasteiger partial charge in [-0.2, -0.15) is 0 Å². The van der Waals surface area contributed by atoms with E-state index >= 15 is 0 Å². The molecule has 0 saturated heterocycles. The van der Waals surface area contributed by atoms with E-state index in [0.29, 0.717) is 0 Å². The van der Waals surface area contributed by atoms with Gasteiger partial charge in [-0.15, -0.1) is 12.0 Å². The number of hydrogen-bond donors (Lipinski definition) is 0. The highest BCUT2D eigenvalue weighted by Gasteiger charge is 2.07. The van der Waals surface area contributed by atoms with Crippen molar-refractivity contribution in [1.82, 2.24) is 0 Å². The maximum absolute atomic E-state index is 5.55. The van der Waals surface area contributed by atoms with Gasteiger partial charge in [-0.05, 0) is 29.3 Å². The first kappa shape index (κ1) is 14.2. The van der Waals surface area contributed by atoms with E-state index in [2.05, 4.69) is 67.4 Å². The highest BCUT2D eigenvalue weighted by Crippen LogP contribution is 2.23. The van der Waals surface area contributed by atoms with Crippen molar-refractivity contribution in [3.8, 4) is 34.9 Å². The Hall–Kier alpha value is -2.22. The summed E-state index contributed by atoms with van der Waals surface area (Å²) in [6, 6.07) is 16.3. The van der Waals surface area contributed by atoms with E-state index in [1.165, 1.54) is 0 Å². The van der Waals surface area contributed by atoms with Gasteiger partial charge in [0.2, 0.25) is 0 Å². The minimum absolute atomic E-state index is 0.924. The summed E-state index contributed by atoms with van der Waals surface area (Å²) >= 11 is 0. The van der Waals surface area contributed by atoms with Gasteiger partial charge in [0.1, 0.15) is 8.07 Å². The van der Waals surface area contributed by atoms with Crippen LogP contribution in [0.3, 0.4) is 0 Å². The molecule has 0 N–H and O–H groups in total. The molecule has 2 rings (SSSR count). The first-order valence-corrected chi connectivity index (χ1v) is 10.2. The molecule has 0 nitrogen and oxygen atoms in total. The van der Waals surface area contributed by atoms with Gasteiger partial charge in [-0.1, -0.05) is 61.8 Å². The summed E-state index contributed by atoms with van der Waals surface area (Å²) in [6.45, 7) is 6.74. The molecule has 0 aliphatic carbocycles. The highest BCUT2D eigenvalue weighted by atomic mass is 28.3. The summed E-state index contributed by atoms with van der Waals surface area (Å²) in [6.07, 6.45) is 5.55. The Labute approximate surface area is 122 Å². The van der Waals surface area contributed by atoms with E-state index in [-0.39, 0.29) is 0 Å². The van der Waals surface area contributed by atoms with Gasteiger partial charge in [-0.25, -0.2) is 0 Å². The number of benzene rings is 2. The third kappa shape index (κ3) is 3.64. The van der Waals surface area contributed by atoms with Crippen LogP contribution in [0.25, 0.3) is 11.1 Å². The van der Waals surface area contributed by atoms with Crippen molar-refractivity contribution in [2.24, 2.45) is 0 Å². The van der Waals surface area contributed by atoms with Gasteiger partial charge < -0.3 is 0 Å². The van der Waals surface area contributed by atoms with Gasteiger partial charge in [0.25, 0.3) is 0 Å². The first-order valence-electron chi connectivity index (χ1n) is 6.69. The van der Waals surface area contributed by atoms with Gasteiger partial charge in [0, 0.05) is 11.1 Å². The van der Waals surface area contributed by atoms with Crippen molar-refractivity contribution >= 4 is 8.07 Å². The van der Waals surface area contributed by atoms with Crippen LogP contribution in [0, 0.1) is 23.8 Å². The molecule has 0 unspecified atom stereocenters. The number of terminal acetylenes is 1. The van der Waals surface area contributed by atoms with E-state index in [1.54, 1.807) is 0 Å². The van der Waals surface area contributed by atoms with Crippen molar-refractivity contribution in [3.63, 3.8) is 0 Å². The average Bonchev–Trinajstić information content (AvgIpc) is 2.45. The minimum atomic E-state index is -1.32. The van der Waals surface area contributed by atoms with E-state index < -0.39 is 8.07 Å². The molecule has 0 aliphatic heterocycles. The number of hydrogen-bond acceptors (Lipinski definition) is 0. The lowest BCUT2D eigenvalue weighted by Crippen LogP contribution is -2.16. The quantitative estimate of drug-likeness (QED) is 0.528. The second-order valence-electron chi connectivity index (χ2n) is 5.77. The first-order chi connectivity index (χ1) is 9.49. The molecule has 0 amide bonds. The Bertz CT molecular complexity index is 698. The van der Waals surface area contributed by atoms with Gasteiger partial charge in [0.15, 0.2) is 0 Å². The van der Waals surface area contributed by atoms with Gasteiger partial charge in [0.05, 0.1) is 0 Å². The molecule has 0 atom stereocenters. The fraction of sp³-hybridized carbons (Fsp3) is 0.158. The minimum Gasteiger partial charge on any atom is -0.127 e. The zero-order valence-electron chi connectivity index (χ0n) is 12.2. The fourth-order valence-electron chi connectivity index (χ4n) is 1.85. The van der Waals surface area contributed by atoms with E-state index in [4.69, 9.17) is 6.42 Å². The molecule has 2 aromatic carbocycles. The Morgan fingerprint density at radius 1 is 0.900 bits per heavy atom. The average molecular weight is 274 g/mol. The van der Waals surface area contributed by atoms with Crippen molar-refractivity contribution < 1.29 is 0 Å². The summed E-state index contributed by atoms with van der Waals surface area (Å²) < 4.78 is 0. The van der Waals surface area contributed by atoms with Crippen molar-refractivity contribution in [3.05, 3.63) is 59.7 Å². The molecular weight excluding hydrogens is 256 g/mol. The normalized spacial score (nSPS) is 10.3. The third-order valence-corrected chi connectivity index (χ3v) is 3.74. The maximum atomic E-state index is 5.55. The maximum Gasteiger partial charge on any atom is 0.129 e. The molecule has 0 bridgehead atoms. The SMILES string of the molecule is C#Cc1ccccc1-c1ccc(C#C[Si](C)(C)C)cc1. The topological polar surface area (TPSA) is 0 Å². The van der Waals surface area contributed by atoms with Crippen molar-refractivity contribution in [2.45, 2.75) is 19.6 Å². The molecule has 98 valence electrons. The third-order valence-electron chi connectivity index (χ3n) is 2.86. The summed E-state index contributed by atoms with van der Waals surface area (Å²) in [5, 5.41) is 0. The molecule has 0 spiro atoms. The standard InChI is InChI=1S/C19H18Si/c1-5-17-8-6-7-9-19(17)18-12-10-16(11-13-18)14-15-20(2,3)4/h1,6-13H,2-4H3. The van der Waals surface area contributed by atoms with Crippen LogP contribution in [-0.2, 0) is 0 Å². The van der Waals surface area contributed by atoms with Crippen LogP contribution in [0.4, 0.5) is 0 Å². The molecular formula is C19H18Si. The van der Waals surface area contributed by atoms with Crippen LogP contribution in [0.5, 0.6) is 0 Å². The van der Waals surface area contributed by atoms with Gasteiger partial charge in [-0.3, -0.25) is 0 Å². The lowest BCUT2D eigenvalue weighted by molar-refractivity contribution is 1.57. The van der Waals surface area contributed by atoms with E-state index in [9.17, 15) is 0 Å². The summed E-state index contributed by atoms with van der Waals surface area (Å²) in [7, 11) is -1.32. The van der Waals surface area contributed by atoms with Crippen LogP contribution in [0.2, 0.25) is 19.6 Å². The summed E-state index contributed by atoms with van der Waals surface area (Å²) in [5.41, 5.74) is 7.60. The smallest absolute Gasteiger partial charge is 0.127 e. The Balaban J connectivity index is 2.33. The van der Waals surface area contributed by atoms with E-state index in [0.717, 1.165) is 22.3 Å². The van der Waals surface area contributed by atoms with Crippen LogP contribution in [0.1, 0.15) is 11.1 Å². The molecule has 0 saturated carbocycles. The second kappa shape index (κ2) is 5.82. The molecule has 0 heterocycles. The Morgan fingerprint density at radius 3 is 2.15 bits per heavy atom. The predicted octanol–water partition coefficient (Wildman–Crippen LogP) is 4.56.